The van der Waals surface area contributed by atoms with E-state index in [1.165, 1.54) is 0 Å². The Morgan fingerprint density at radius 2 is 2.06 bits per heavy atom. The number of nitrogens with zero attached hydrogens (tertiary/aromatic N) is 1. The predicted octanol–water partition coefficient (Wildman–Crippen LogP) is 1.32. The average molecular weight is 216 g/mol. The second kappa shape index (κ2) is 3.91. The monoisotopic (exact) mass is 216 g/mol. The Morgan fingerprint density at radius 3 is 2.88 bits per heavy atom. The zero-order valence-corrected chi connectivity index (χ0v) is 9.23. The van der Waals surface area contributed by atoms with Crippen LogP contribution in [0.2, 0.25) is 0 Å². The molecule has 3 heteroatoms. The maximum Gasteiger partial charge on any atom is 0.244 e. The molecule has 0 spiro atoms. The van der Waals surface area contributed by atoms with E-state index in [1.807, 2.05) is 35.2 Å². The zero-order chi connectivity index (χ0) is 11.0. The first-order chi connectivity index (χ1) is 7.86. The second-order valence-electron chi connectivity index (χ2n) is 4.58. The van der Waals surface area contributed by atoms with Crippen molar-refractivity contribution >= 4 is 5.91 Å². The van der Waals surface area contributed by atoms with Crippen molar-refractivity contribution in [3.8, 4) is 0 Å². The van der Waals surface area contributed by atoms with Gasteiger partial charge in [-0.15, -0.1) is 0 Å². The van der Waals surface area contributed by atoms with E-state index in [9.17, 15) is 4.79 Å². The summed E-state index contributed by atoms with van der Waals surface area (Å²) in [5.41, 5.74) is 1.08. The Hall–Kier alpha value is -1.35. The molecule has 1 N–H and O–H groups in total. The van der Waals surface area contributed by atoms with Gasteiger partial charge in [0.25, 0.3) is 0 Å². The topological polar surface area (TPSA) is 32.3 Å². The average Bonchev–Trinajstić information content (AvgIpc) is 2.80. The first-order valence-corrected chi connectivity index (χ1v) is 5.95. The number of benzene rings is 1. The number of rotatable bonds is 1. The molecule has 1 unspecified atom stereocenters. The van der Waals surface area contributed by atoms with Crippen molar-refractivity contribution in [3.63, 3.8) is 0 Å². The maximum absolute atomic E-state index is 12.3. The van der Waals surface area contributed by atoms with Crippen LogP contribution in [0.25, 0.3) is 0 Å². The van der Waals surface area contributed by atoms with Crippen LogP contribution in [0.15, 0.2) is 30.3 Å². The molecule has 1 amide bonds. The summed E-state index contributed by atoms with van der Waals surface area (Å²) < 4.78 is 0. The van der Waals surface area contributed by atoms with Crippen LogP contribution in [0, 0.1) is 0 Å². The van der Waals surface area contributed by atoms with E-state index in [2.05, 4.69) is 5.32 Å². The molecule has 0 saturated carbocycles. The highest BCUT2D eigenvalue weighted by Gasteiger charge is 2.37. The Morgan fingerprint density at radius 1 is 1.25 bits per heavy atom. The van der Waals surface area contributed by atoms with Gasteiger partial charge in [-0.3, -0.25) is 4.79 Å². The normalized spacial score (nSPS) is 29.2. The van der Waals surface area contributed by atoms with Gasteiger partial charge in [0.2, 0.25) is 5.91 Å². The summed E-state index contributed by atoms with van der Waals surface area (Å²) in [4.78, 5) is 14.3. The van der Waals surface area contributed by atoms with Gasteiger partial charge in [0, 0.05) is 19.1 Å². The molecule has 2 atom stereocenters. The van der Waals surface area contributed by atoms with E-state index in [1.54, 1.807) is 0 Å². The highest BCUT2D eigenvalue weighted by atomic mass is 16.2. The van der Waals surface area contributed by atoms with Gasteiger partial charge in [0.05, 0.1) is 0 Å². The molecule has 2 fully saturated rings. The van der Waals surface area contributed by atoms with Gasteiger partial charge in [-0.2, -0.15) is 0 Å². The van der Waals surface area contributed by atoms with Crippen LogP contribution >= 0.6 is 0 Å². The van der Waals surface area contributed by atoms with Crippen molar-refractivity contribution in [1.29, 1.82) is 0 Å². The fraction of sp³-hybridized carbons (Fsp3) is 0.462. The SMILES string of the molecule is O=C1C(c2ccccc2)NC[C@@H]2CCCN12. The lowest BCUT2D eigenvalue weighted by molar-refractivity contribution is -0.137. The molecular formula is C13H16N2O. The molecule has 0 aliphatic carbocycles. The smallest absolute Gasteiger partial charge is 0.244 e. The molecule has 2 saturated heterocycles. The lowest BCUT2D eigenvalue weighted by atomic mass is 10.0. The molecule has 2 aliphatic rings. The summed E-state index contributed by atoms with van der Waals surface area (Å²) in [5.74, 6) is 0.250. The first kappa shape index (κ1) is 9.85. The van der Waals surface area contributed by atoms with E-state index >= 15 is 0 Å². The van der Waals surface area contributed by atoms with Gasteiger partial charge in [-0.1, -0.05) is 30.3 Å². The highest BCUT2D eigenvalue weighted by Crippen LogP contribution is 2.27. The van der Waals surface area contributed by atoms with E-state index in [-0.39, 0.29) is 11.9 Å². The zero-order valence-electron chi connectivity index (χ0n) is 9.23. The number of hydrogen-bond acceptors (Lipinski definition) is 2. The summed E-state index contributed by atoms with van der Waals surface area (Å²) in [5, 5.41) is 3.37. The fourth-order valence-corrected chi connectivity index (χ4v) is 2.75. The molecule has 1 aromatic carbocycles. The molecule has 0 bridgehead atoms. The minimum atomic E-state index is -0.129. The Bertz CT molecular complexity index is 390. The number of carbonyl (C=O) groups is 1. The lowest BCUT2D eigenvalue weighted by Gasteiger charge is -2.35. The first-order valence-electron chi connectivity index (χ1n) is 5.95. The maximum atomic E-state index is 12.3. The lowest BCUT2D eigenvalue weighted by Crippen LogP contribution is -2.53. The Balaban J connectivity index is 1.85. The highest BCUT2D eigenvalue weighted by molar-refractivity contribution is 5.84. The van der Waals surface area contributed by atoms with Crippen LogP contribution in [0.3, 0.4) is 0 Å². The summed E-state index contributed by atoms with van der Waals surface area (Å²) in [7, 11) is 0. The van der Waals surface area contributed by atoms with Crippen LogP contribution in [0.5, 0.6) is 0 Å². The van der Waals surface area contributed by atoms with Crippen molar-refractivity contribution < 1.29 is 4.79 Å². The quantitative estimate of drug-likeness (QED) is 0.768. The minimum absolute atomic E-state index is 0.129. The summed E-state index contributed by atoms with van der Waals surface area (Å²) in [6.45, 7) is 1.87. The summed E-state index contributed by atoms with van der Waals surface area (Å²) in [6, 6.07) is 10.3. The standard InChI is InChI=1S/C13H16N2O/c16-13-12(10-5-2-1-3-6-10)14-9-11-7-4-8-15(11)13/h1-3,5-6,11-12,14H,4,7-9H2/t11-,12?/m0/s1. The molecule has 0 radical (unpaired) electrons. The second-order valence-corrected chi connectivity index (χ2v) is 4.58. The number of hydrogen-bond donors (Lipinski definition) is 1. The third-order valence-electron chi connectivity index (χ3n) is 3.60. The number of piperazine rings is 1. The van der Waals surface area contributed by atoms with Crippen molar-refractivity contribution in [2.24, 2.45) is 0 Å². The van der Waals surface area contributed by atoms with E-state index < -0.39 is 0 Å². The molecule has 0 aromatic heterocycles. The summed E-state index contributed by atoms with van der Waals surface area (Å²) in [6.07, 6.45) is 2.31. The molecule has 16 heavy (non-hydrogen) atoms. The van der Waals surface area contributed by atoms with E-state index in [0.717, 1.165) is 31.5 Å². The molecule has 84 valence electrons. The molecule has 1 aromatic rings. The van der Waals surface area contributed by atoms with Gasteiger partial charge in [-0.25, -0.2) is 0 Å². The molecule has 2 heterocycles. The van der Waals surface area contributed by atoms with Crippen molar-refractivity contribution in [2.45, 2.75) is 24.9 Å². The Labute approximate surface area is 95.4 Å². The van der Waals surface area contributed by atoms with Gasteiger partial charge in [0.15, 0.2) is 0 Å². The fourth-order valence-electron chi connectivity index (χ4n) is 2.75. The van der Waals surface area contributed by atoms with Gasteiger partial charge in [-0.05, 0) is 18.4 Å². The van der Waals surface area contributed by atoms with E-state index in [4.69, 9.17) is 0 Å². The van der Waals surface area contributed by atoms with Crippen LogP contribution in [0.1, 0.15) is 24.4 Å². The van der Waals surface area contributed by atoms with Gasteiger partial charge >= 0.3 is 0 Å². The van der Waals surface area contributed by atoms with Crippen LogP contribution in [0.4, 0.5) is 0 Å². The number of amides is 1. The van der Waals surface area contributed by atoms with Crippen LogP contribution in [-0.4, -0.2) is 29.9 Å². The third kappa shape index (κ3) is 1.52. The number of carbonyl (C=O) groups excluding carboxylic acids is 1. The van der Waals surface area contributed by atoms with Gasteiger partial charge < -0.3 is 10.2 Å². The minimum Gasteiger partial charge on any atom is -0.337 e. The number of fused-ring (bicyclic) bond motifs is 1. The van der Waals surface area contributed by atoms with Crippen molar-refractivity contribution in [3.05, 3.63) is 35.9 Å². The van der Waals surface area contributed by atoms with Gasteiger partial charge in [0.1, 0.15) is 6.04 Å². The molecule has 3 rings (SSSR count). The molecule has 2 aliphatic heterocycles. The Kier molecular flexibility index (Phi) is 2.40. The third-order valence-corrected chi connectivity index (χ3v) is 3.60. The number of nitrogens with one attached hydrogen (secondary N) is 1. The summed E-state index contributed by atoms with van der Waals surface area (Å²) >= 11 is 0. The van der Waals surface area contributed by atoms with Crippen LogP contribution < -0.4 is 5.32 Å². The molecular weight excluding hydrogens is 200 g/mol. The largest absolute Gasteiger partial charge is 0.337 e. The predicted molar refractivity (Wildman–Crippen MR) is 61.9 cm³/mol. The van der Waals surface area contributed by atoms with Crippen molar-refractivity contribution in [2.75, 3.05) is 13.1 Å². The van der Waals surface area contributed by atoms with Crippen LogP contribution in [-0.2, 0) is 4.79 Å². The van der Waals surface area contributed by atoms with Crippen molar-refractivity contribution in [1.82, 2.24) is 10.2 Å². The molecule has 3 nitrogen and oxygen atoms in total. The van der Waals surface area contributed by atoms with E-state index in [0.29, 0.717) is 6.04 Å².